The highest BCUT2D eigenvalue weighted by atomic mass is 16.5. The monoisotopic (exact) mass is 340 g/mol. The van der Waals surface area contributed by atoms with E-state index >= 15 is 0 Å². The summed E-state index contributed by atoms with van der Waals surface area (Å²) >= 11 is 0. The molecular formula is C19H24N4O2. The molecule has 1 fully saturated rings. The van der Waals surface area contributed by atoms with Crippen LogP contribution in [0, 0.1) is 11.8 Å². The van der Waals surface area contributed by atoms with Crippen LogP contribution < -0.4 is 10.5 Å². The summed E-state index contributed by atoms with van der Waals surface area (Å²) in [6, 6.07) is 3.76. The van der Waals surface area contributed by atoms with Gasteiger partial charge in [-0.1, -0.05) is 11.8 Å². The zero-order chi connectivity index (χ0) is 17.5. The minimum absolute atomic E-state index is 0.450. The first kappa shape index (κ1) is 17.5. The lowest BCUT2D eigenvalue weighted by Gasteiger charge is -2.26. The highest BCUT2D eigenvalue weighted by Gasteiger charge is 2.09. The summed E-state index contributed by atoms with van der Waals surface area (Å²) in [6.07, 6.45) is 4.59. The number of unbranched alkanes of at least 4 members (excludes halogenated alkanes) is 2. The minimum Gasteiger partial charge on any atom is -0.495 e. The molecule has 1 saturated heterocycles. The number of fused-ring (bicyclic) bond motifs is 1. The van der Waals surface area contributed by atoms with Crippen LogP contribution in [0.3, 0.4) is 0 Å². The van der Waals surface area contributed by atoms with Crippen LogP contribution in [-0.4, -0.2) is 54.8 Å². The van der Waals surface area contributed by atoms with Crippen molar-refractivity contribution in [2.45, 2.75) is 19.3 Å². The molecule has 1 aromatic carbocycles. The minimum atomic E-state index is 0.450. The van der Waals surface area contributed by atoms with E-state index in [1.165, 1.54) is 6.33 Å². The van der Waals surface area contributed by atoms with Crippen molar-refractivity contribution in [1.29, 1.82) is 0 Å². The fourth-order valence-electron chi connectivity index (χ4n) is 2.90. The molecule has 0 atom stereocenters. The molecule has 0 radical (unpaired) electrons. The summed E-state index contributed by atoms with van der Waals surface area (Å²) in [7, 11) is 1.63. The molecule has 6 heteroatoms. The van der Waals surface area contributed by atoms with Crippen molar-refractivity contribution < 1.29 is 9.47 Å². The number of nitrogen functional groups attached to an aromatic ring is 1. The van der Waals surface area contributed by atoms with E-state index in [1.54, 1.807) is 7.11 Å². The van der Waals surface area contributed by atoms with E-state index in [9.17, 15) is 0 Å². The molecule has 1 aliphatic rings. The van der Waals surface area contributed by atoms with Crippen molar-refractivity contribution in [3.05, 3.63) is 24.0 Å². The second kappa shape index (κ2) is 8.65. The number of nitrogens with zero attached hydrogens (tertiary/aromatic N) is 3. The van der Waals surface area contributed by atoms with Gasteiger partial charge < -0.3 is 15.2 Å². The Morgan fingerprint density at radius 1 is 1.24 bits per heavy atom. The predicted molar refractivity (Wildman–Crippen MR) is 98.5 cm³/mol. The number of methoxy groups -OCH3 is 1. The molecule has 132 valence electrons. The van der Waals surface area contributed by atoms with Gasteiger partial charge in [0.25, 0.3) is 0 Å². The lowest BCUT2D eigenvalue weighted by atomic mass is 10.1. The molecule has 0 aliphatic carbocycles. The van der Waals surface area contributed by atoms with Crippen LogP contribution in [0.5, 0.6) is 5.75 Å². The molecule has 25 heavy (non-hydrogen) atoms. The number of hydrogen-bond donors (Lipinski definition) is 1. The van der Waals surface area contributed by atoms with Gasteiger partial charge in [-0.3, -0.25) is 4.90 Å². The molecule has 2 N–H and O–H groups in total. The first-order valence-corrected chi connectivity index (χ1v) is 8.65. The van der Waals surface area contributed by atoms with E-state index < -0.39 is 0 Å². The number of morpholine rings is 1. The number of aromatic nitrogens is 2. The van der Waals surface area contributed by atoms with Crippen LogP contribution in [0.15, 0.2) is 18.5 Å². The Labute approximate surface area is 148 Å². The van der Waals surface area contributed by atoms with Crippen LogP contribution in [0.2, 0.25) is 0 Å². The summed E-state index contributed by atoms with van der Waals surface area (Å²) in [5.74, 6) is 7.60. The Balaban J connectivity index is 1.58. The number of ether oxygens (including phenoxy) is 2. The molecule has 2 heterocycles. The first-order chi connectivity index (χ1) is 12.3. The van der Waals surface area contributed by atoms with Crippen molar-refractivity contribution in [2.75, 3.05) is 45.7 Å². The maximum Gasteiger partial charge on any atom is 0.135 e. The highest BCUT2D eigenvalue weighted by molar-refractivity contribution is 5.90. The smallest absolute Gasteiger partial charge is 0.135 e. The number of nitrogens with two attached hydrogens (primary N) is 1. The van der Waals surface area contributed by atoms with Crippen molar-refractivity contribution in [3.63, 3.8) is 0 Å². The number of rotatable bonds is 5. The van der Waals surface area contributed by atoms with Gasteiger partial charge in [0.15, 0.2) is 0 Å². The van der Waals surface area contributed by atoms with E-state index in [0.29, 0.717) is 11.6 Å². The zero-order valence-corrected chi connectivity index (χ0v) is 14.6. The van der Waals surface area contributed by atoms with Crippen molar-refractivity contribution in [2.24, 2.45) is 0 Å². The summed E-state index contributed by atoms with van der Waals surface area (Å²) < 4.78 is 10.8. The maximum atomic E-state index is 5.89. The fraction of sp³-hybridized carbons (Fsp3) is 0.474. The first-order valence-electron chi connectivity index (χ1n) is 8.65. The second-order valence-corrected chi connectivity index (χ2v) is 6.04. The summed E-state index contributed by atoms with van der Waals surface area (Å²) in [4.78, 5) is 10.7. The van der Waals surface area contributed by atoms with Crippen LogP contribution in [-0.2, 0) is 4.74 Å². The van der Waals surface area contributed by atoms with Gasteiger partial charge in [-0.2, -0.15) is 0 Å². The third kappa shape index (κ3) is 4.59. The van der Waals surface area contributed by atoms with Gasteiger partial charge in [-0.15, -0.1) is 0 Å². The van der Waals surface area contributed by atoms with Gasteiger partial charge in [-0.05, 0) is 31.5 Å². The fourth-order valence-corrected chi connectivity index (χ4v) is 2.90. The van der Waals surface area contributed by atoms with Gasteiger partial charge in [0.1, 0.15) is 17.9 Å². The predicted octanol–water partition coefficient (Wildman–Crippen LogP) is 2.07. The number of benzene rings is 1. The van der Waals surface area contributed by atoms with Gasteiger partial charge in [0.05, 0.1) is 31.4 Å². The largest absolute Gasteiger partial charge is 0.495 e. The van der Waals surface area contributed by atoms with Gasteiger partial charge >= 0.3 is 0 Å². The van der Waals surface area contributed by atoms with Crippen LogP contribution >= 0.6 is 0 Å². The zero-order valence-electron chi connectivity index (χ0n) is 14.6. The van der Waals surface area contributed by atoms with E-state index in [4.69, 9.17) is 15.2 Å². The average Bonchev–Trinajstić information content (AvgIpc) is 2.65. The Morgan fingerprint density at radius 2 is 2.08 bits per heavy atom. The van der Waals surface area contributed by atoms with Crippen LogP contribution in [0.1, 0.15) is 24.8 Å². The van der Waals surface area contributed by atoms with Crippen LogP contribution in [0.25, 0.3) is 10.9 Å². The molecule has 2 aromatic rings. The quantitative estimate of drug-likeness (QED) is 0.663. The molecule has 0 unspecified atom stereocenters. The van der Waals surface area contributed by atoms with Gasteiger partial charge in [-0.25, -0.2) is 9.97 Å². The van der Waals surface area contributed by atoms with Gasteiger partial charge in [0, 0.05) is 24.9 Å². The molecule has 6 nitrogen and oxygen atoms in total. The van der Waals surface area contributed by atoms with Gasteiger partial charge in [0.2, 0.25) is 0 Å². The molecule has 1 aromatic heterocycles. The molecule has 1 aliphatic heterocycles. The number of hydrogen-bond acceptors (Lipinski definition) is 6. The van der Waals surface area contributed by atoms with E-state index in [1.807, 2.05) is 12.1 Å². The Kier molecular flexibility index (Phi) is 6.04. The summed E-state index contributed by atoms with van der Waals surface area (Å²) in [5, 5.41) is 0.787. The van der Waals surface area contributed by atoms with Crippen molar-refractivity contribution >= 4 is 16.7 Å². The SMILES string of the molecule is COc1cc2c(N)ncnc2cc1C#CCCCCN1CCOCC1. The second-order valence-electron chi connectivity index (χ2n) is 6.04. The van der Waals surface area contributed by atoms with Crippen molar-refractivity contribution in [1.82, 2.24) is 14.9 Å². The molecule has 0 amide bonds. The van der Waals surface area contributed by atoms with E-state index in [2.05, 4.69) is 26.7 Å². The molecular weight excluding hydrogens is 316 g/mol. The van der Waals surface area contributed by atoms with E-state index in [-0.39, 0.29) is 0 Å². The van der Waals surface area contributed by atoms with Crippen LogP contribution in [0.4, 0.5) is 5.82 Å². The lowest BCUT2D eigenvalue weighted by Crippen LogP contribution is -2.36. The molecule has 0 saturated carbocycles. The Morgan fingerprint density at radius 3 is 2.88 bits per heavy atom. The van der Waals surface area contributed by atoms with E-state index in [0.717, 1.165) is 68.6 Å². The maximum absolute atomic E-state index is 5.89. The normalized spacial score (nSPS) is 14.9. The number of anilines is 1. The average molecular weight is 340 g/mol. The Bertz CT molecular complexity index is 776. The third-order valence-electron chi connectivity index (χ3n) is 4.34. The van der Waals surface area contributed by atoms with Crippen molar-refractivity contribution in [3.8, 4) is 17.6 Å². The highest BCUT2D eigenvalue weighted by Crippen LogP contribution is 2.26. The standard InChI is InChI=1S/C19H24N4O2/c1-24-18-13-16-17(21-14-22-19(16)20)12-15(18)6-4-2-3-5-7-23-8-10-25-11-9-23/h12-14H,2-3,5,7-11H2,1H3,(H2,20,21,22). The summed E-state index contributed by atoms with van der Waals surface area (Å²) in [6.45, 7) is 4.93. The lowest BCUT2D eigenvalue weighted by molar-refractivity contribution is 0.0372. The Hall–Kier alpha value is -2.36. The third-order valence-corrected chi connectivity index (χ3v) is 4.34. The molecule has 0 bridgehead atoms. The molecule has 3 rings (SSSR count). The summed E-state index contributed by atoms with van der Waals surface area (Å²) in [5.41, 5.74) is 7.51. The topological polar surface area (TPSA) is 73.5 Å². The molecule has 0 spiro atoms.